The van der Waals surface area contributed by atoms with Gasteiger partial charge in [-0.05, 0) is 32.2 Å². The molecule has 19 heavy (non-hydrogen) atoms. The lowest BCUT2D eigenvalue weighted by atomic mass is 10.2. The van der Waals surface area contributed by atoms with Gasteiger partial charge in [-0.2, -0.15) is 5.10 Å². The molecule has 6 nitrogen and oxygen atoms in total. The zero-order chi connectivity index (χ0) is 13.1. The maximum Gasteiger partial charge on any atom is 0.241 e. The molecular weight excluding hydrogens is 244 g/mol. The molecule has 0 spiro atoms. The SMILES string of the molecule is O=C(Nc1cnn(CC2CCCO2)c1)[C@@H]1CCCN1. The standard InChI is InChI=1S/C13H20N4O2/c18-13(12-4-1-5-14-12)16-10-7-15-17(8-10)9-11-3-2-6-19-11/h7-8,11-12,14H,1-6,9H2,(H,16,18)/t11?,12-/m0/s1. The molecule has 104 valence electrons. The Hall–Kier alpha value is -1.40. The zero-order valence-corrected chi connectivity index (χ0v) is 11.0. The first-order chi connectivity index (χ1) is 9.31. The van der Waals surface area contributed by atoms with Gasteiger partial charge in [0.15, 0.2) is 0 Å². The second-order valence-electron chi connectivity index (χ2n) is 5.22. The Labute approximate surface area is 112 Å². The molecule has 1 aromatic rings. The van der Waals surface area contributed by atoms with E-state index >= 15 is 0 Å². The van der Waals surface area contributed by atoms with E-state index in [1.54, 1.807) is 6.20 Å². The molecule has 2 atom stereocenters. The Morgan fingerprint density at radius 3 is 3.21 bits per heavy atom. The van der Waals surface area contributed by atoms with Crippen molar-refractivity contribution < 1.29 is 9.53 Å². The highest BCUT2D eigenvalue weighted by atomic mass is 16.5. The van der Waals surface area contributed by atoms with Crippen molar-refractivity contribution in [3.05, 3.63) is 12.4 Å². The summed E-state index contributed by atoms with van der Waals surface area (Å²) < 4.78 is 7.41. The third-order valence-corrected chi connectivity index (χ3v) is 3.69. The fourth-order valence-corrected chi connectivity index (χ4v) is 2.66. The number of carbonyl (C=O) groups is 1. The first-order valence-corrected chi connectivity index (χ1v) is 6.99. The van der Waals surface area contributed by atoms with Crippen molar-refractivity contribution in [1.82, 2.24) is 15.1 Å². The predicted octanol–water partition coefficient (Wildman–Crippen LogP) is 0.753. The van der Waals surface area contributed by atoms with Gasteiger partial charge in [0.1, 0.15) is 0 Å². The summed E-state index contributed by atoms with van der Waals surface area (Å²) in [4.78, 5) is 11.9. The average Bonchev–Trinajstić information content (AvgIpc) is 3.10. The van der Waals surface area contributed by atoms with E-state index < -0.39 is 0 Å². The first kappa shape index (κ1) is 12.6. The minimum atomic E-state index is -0.0542. The molecule has 2 saturated heterocycles. The van der Waals surface area contributed by atoms with Gasteiger partial charge in [-0.3, -0.25) is 9.48 Å². The summed E-state index contributed by atoms with van der Waals surface area (Å²) in [6, 6.07) is -0.0542. The van der Waals surface area contributed by atoms with E-state index in [9.17, 15) is 4.79 Å². The molecule has 0 bridgehead atoms. The fraction of sp³-hybridized carbons (Fsp3) is 0.692. The molecule has 2 aliphatic heterocycles. The van der Waals surface area contributed by atoms with Gasteiger partial charge in [0.05, 0.1) is 30.6 Å². The lowest BCUT2D eigenvalue weighted by Crippen LogP contribution is -2.35. The molecule has 1 aromatic heterocycles. The summed E-state index contributed by atoms with van der Waals surface area (Å²) in [6.45, 7) is 2.54. The van der Waals surface area contributed by atoms with Gasteiger partial charge >= 0.3 is 0 Å². The van der Waals surface area contributed by atoms with Crippen molar-refractivity contribution in [3.8, 4) is 0 Å². The predicted molar refractivity (Wildman–Crippen MR) is 70.9 cm³/mol. The summed E-state index contributed by atoms with van der Waals surface area (Å²) in [6.07, 6.45) is 8.03. The first-order valence-electron chi connectivity index (χ1n) is 6.99. The Bertz CT molecular complexity index is 434. The number of ether oxygens (including phenoxy) is 1. The van der Waals surface area contributed by atoms with E-state index in [0.29, 0.717) is 0 Å². The van der Waals surface area contributed by atoms with Gasteiger partial charge in [0, 0.05) is 12.8 Å². The lowest BCUT2D eigenvalue weighted by molar-refractivity contribution is -0.117. The van der Waals surface area contributed by atoms with Crippen LogP contribution in [-0.4, -0.2) is 41.0 Å². The van der Waals surface area contributed by atoms with Gasteiger partial charge in [-0.25, -0.2) is 0 Å². The molecule has 1 amide bonds. The number of anilines is 1. The van der Waals surface area contributed by atoms with Crippen LogP contribution in [0, 0.1) is 0 Å². The normalized spacial score (nSPS) is 26.7. The average molecular weight is 264 g/mol. The molecule has 6 heteroatoms. The van der Waals surface area contributed by atoms with Crippen LogP contribution >= 0.6 is 0 Å². The van der Waals surface area contributed by atoms with Crippen LogP contribution in [0.25, 0.3) is 0 Å². The second-order valence-corrected chi connectivity index (χ2v) is 5.22. The highest BCUT2D eigenvalue weighted by Crippen LogP contribution is 2.15. The zero-order valence-electron chi connectivity index (χ0n) is 11.0. The van der Waals surface area contributed by atoms with Crippen LogP contribution in [0.5, 0.6) is 0 Å². The fourth-order valence-electron chi connectivity index (χ4n) is 2.66. The highest BCUT2D eigenvalue weighted by Gasteiger charge is 2.22. The van der Waals surface area contributed by atoms with Gasteiger partial charge in [-0.15, -0.1) is 0 Å². The number of nitrogens with zero attached hydrogens (tertiary/aromatic N) is 2. The molecule has 3 heterocycles. The van der Waals surface area contributed by atoms with E-state index in [2.05, 4.69) is 15.7 Å². The van der Waals surface area contributed by atoms with Crippen LogP contribution in [0.2, 0.25) is 0 Å². The van der Waals surface area contributed by atoms with Crippen molar-refractivity contribution >= 4 is 11.6 Å². The number of hydrogen-bond donors (Lipinski definition) is 2. The van der Waals surface area contributed by atoms with Crippen LogP contribution in [-0.2, 0) is 16.1 Å². The smallest absolute Gasteiger partial charge is 0.241 e. The molecule has 2 N–H and O–H groups in total. The van der Waals surface area contributed by atoms with Crippen LogP contribution in [0.1, 0.15) is 25.7 Å². The monoisotopic (exact) mass is 264 g/mol. The van der Waals surface area contributed by atoms with Gasteiger partial charge in [0.2, 0.25) is 5.91 Å². The van der Waals surface area contributed by atoms with E-state index in [-0.39, 0.29) is 18.1 Å². The number of nitrogens with one attached hydrogen (secondary N) is 2. The molecule has 2 aliphatic rings. The Balaban J connectivity index is 1.53. The van der Waals surface area contributed by atoms with Crippen LogP contribution in [0.3, 0.4) is 0 Å². The number of amides is 1. The molecule has 0 aliphatic carbocycles. The van der Waals surface area contributed by atoms with E-state index in [1.807, 2.05) is 10.9 Å². The Morgan fingerprint density at radius 2 is 2.47 bits per heavy atom. The summed E-state index contributed by atoms with van der Waals surface area (Å²) in [5, 5.41) is 10.3. The number of aromatic nitrogens is 2. The minimum absolute atomic E-state index is 0.0363. The third kappa shape index (κ3) is 3.13. The second kappa shape index (κ2) is 5.71. The number of hydrogen-bond acceptors (Lipinski definition) is 4. The topological polar surface area (TPSA) is 68.2 Å². The van der Waals surface area contributed by atoms with Crippen molar-refractivity contribution in [2.75, 3.05) is 18.5 Å². The molecule has 1 unspecified atom stereocenters. The quantitative estimate of drug-likeness (QED) is 0.842. The van der Waals surface area contributed by atoms with Crippen molar-refractivity contribution in [2.45, 2.75) is 44.4 Å². The molecular formula is C13H20N4O2. The van der Waals surface area contributed by atoms with Crippen LogP contribution in [0.4, 0.5) is 5.69 Å². The molecule has 0 saturated carbocycles. The largest absolute Gasteiger partial charge is 0.376 e. The minimum Gasteiger partial charge on any atom is -0.376 e. The molecule has 3 rings (SSSR count). The maximum atomic E-state index is 11.9. The lowest BCUT2D eigenvalue weighted by Gasteiger charge is -2.10. The van der Waals surface area contributed by atoms with E-state index in [4.69, 9.17) is 4.74 Å². The van der Waals surface area contributed by atoms with Crippen molar-refractivity contribution in [2.24, 2.45) is 0 Å². The Morgan fingerprint density at radius 1 is 1.53 bits per heavy atom. The highest BCUT2D eigenvalue weighted by molar-refractivity contribution is 5.94. The van der Waals surface area contributed by atoms with Gasteiger partial charge in [-0.1, -0.05) is 0 Å². The van der Waals surface area contributed by atoms with Crippen molar-refractivity contribution in [3.63, 3.8) is 0 Å². The van der Waals surface area contributed by atoms with E-state index in [0.717, 1.165) is 51.1 Å². The van der Waals surface area contributed by atoms with Crippen LogP contribution < -0.4 is 10.6 Å². The maximum absolute atomic E-state index is 11.9. The van der Waals surface area contributed by atoms with Crippen LogP contribution in [0.15, 0.2) is 12.4 Å². The molecule has 0 aromatic carbocycles. The van der Waals surface area contributed by atoms with Gasteiger partial charge < -0.3 is 15.4 Å². The summed E-state index contributed by atoms with van der Waals surface area (Å²) in [7, 11) is 0. The number of carbonyl (C=O) groups excluding carboxylic acids is 1. The third-order valence-electron chi connectivity index (χ3n) is 3.69. The number of rotatable bonds is 4. The van der Waals surface area contributed by atoms with E-state index in [1.165, 1.54) is 0 Å². The van der Waals surface area contributed by atoms with Gasteiger partial charge in [0.25, 0.3) is 0 Å². The van der Waals surface area contributed by atoms with Crippen molar-refractivity contribution in [1.29, 1.82) is 0 Å². The summed E-state index contributed by atoms with van der Waals surface area (Å²) >= 11 is 0. The molecule has 2 fully saturated rings. The summed E-state index contributed by atoms with van der Waals surface area (Å²) in [5.74, 6) is 0.0363. The Kier molecular flexibility index (Phi) is 3.79. The summed E-state index contributed by atoms with van der Waals surface area (Å²) in [5.41, 5.74) is 0.761. The molecule has 0 radical (unpaired) electrons.